The lowest BCUT2D eigenvalue weighted by Crippen LogP contribution is -2.16. The van der Waals surface area contributed by atoms with Crippen LogP contribution < -0.4 is 10.9 Å². The Morgan fingerprint density at radius 2 is 0.600 bits per heavy atom. The quantitative estimate of drug-likeness (QED) is 0.0320. The van der Waals surface area contributed by atoms with Gasteiger partial charge in [0.1, 0.15) is 0 Å². The Morgan fingerprint density at radius 1 is 0.317 bits per heavy atom. The molecule has 0 spiro atoms. The number of aromatic nitrogens is 2. The fraction of sp³-hybridized carbons (Fsp3) is 0.643. The van der Waals surface area contributed by atoms with Crippen molar-refractivity contribution in [2.75, 3.05) is 0 Å². The lowest BCUT2D eigenvalue weighted by atomic mass is 9.99. The molecule has 60 heavy (non-hydrogen) atoms. The van der Waals surface area contributed by atoms with E-state index in [9.17, 15) is 9.59 Å². The average Bonchev–Trinajstić information content (AvgIpc) is 3.26. The first-order valence-electron chi connectivity index (χ1n) is 25.6. The minimum absolute atomic E-state index is 0.105. The standard InChI is InChI=1S/C56H84N2O2/c1-5-9-13-17-19-21-23-25-27-29-33-45-35-37-51-47(41-45)55(59)49-43-54-50(44-53(49)57(51)39-31-15-11-7-3)56(60)48-42-46(34-30-28-26-24-22-20-18-14-10-6-2)36-38-52(48)58(54)40-32-16-12-8-4/h35-38,41-44H,5-34,39-40H2,1-4H3. The third kappa shape index (κ3) is 13.8. The van der Waals surface area contributed by atoms with Gasteiger partial charge in [-0.2, -0.15) is 0 Å². The van der Waals surface area contributed by atoms with Crippen molar-refractivity contribution < 1.29 is 0 Å². The van der Waals surface area contributed by atoms with E-state index in [-0.39, 0.29) is 10.9 Å². The Bertz CT molecular complexity index is 1980. The molecule has 0 aliphatic carbocycles. The maximum absolute atomic E-state index is 14.7. The molecule has 0 radical (unpaired) electrons. The van der Waals surface area contributed by atoms with Crippen LogP contribution in [0.3, 0.4) is 0 Å². The van der Waals surface area contributed by atoms with Crippen molar-refractivity contribution in [2.45, 2.75) is 233 Å². The second-order valence-corrected chi connectivity index (χ2v) is 18.5. The molecule has 0 amide bonds. The molecule has 4 heteroatoms. The minimum Gasteiger partial charge on any atom is -0.340 e. The Hall–Kier alpha value is -3.40. The maximum Gasteiger partial charge on any atom is 0.197 e. The van der Waals surface area contributed by atoms with Gasteiger partial charge in [0.15, 0.2) is 10.9 Å². The number of benzene rings is 3. The van der Waals surface area contributed by atoms with Crippen molar-refractivity contribution in [3.05, 3.63) is 80.1 Å². The summed E-state index contributed by atoms with van der Waals surface area (Å²) in [5.74, 6) is 0. The van der Waals surface area contributed by atoms with Crippen LogP contribution in [-0.4, -0.2) is 9.13 Å². The summed E-state index contributed by atoms with van der Waals surface area (Å²) in [4.78, 5) is 29.4. The first-order chi connectivity index (χ1) is 29.5. The van der Waals surface area contributed by atoms with Crippen LogP contribution in [0.4, 0.5) is 0 Å². The Labute approximate surface area is 364 Å². The second kappa shape index (κ2) is 26.8. The van der Waals surface area contributed by atoms with Crippen LogP contribution in [0.25, 0.3) is 43.6 Å². The average molecular weight is 817 g/mol. The van der Waals surface area contributed by atoms with Crippen molar-refractivity contribution in [2.24, 2.45) is 0 Å². The van der Waals surface area contributed by atoms with Crippen LogP contribution in [0.5, 0.6) is 0 Å². The predicted molar refractivity (Wildman–Crippen MR) is 264 cm³/mol. The van der Waals surface area contributed by atoms with Gasteiger partial charge in [-0.3, -0.25) is 9.59 Å². The summed E-state index contributed by atoms with van der Waals surface area (Å²) in [5.41, 5.74) is 6.59. The third-order valence-corrected chi connectivity index (χ3v) is 13.5. The molecule has 2 aromatic heterocycles. The predicted octanol–water partition coefficient (Wildman–Crippen LogP) is 16.7. The SMILES string of the molecule is CCCCCCCCCCCCc1ccc2c(c1)c(=O)c1cc3c(cc1n2CCCCCC)c(=O)c1cc(CCCCCCCCCCCC)ccc1n3CCCCCC. The molecular formula is C56H84N2O2. The minimum atomic E-state index is 0.105. The lowest BCUT2D eigenvalue weighted by molar-refractivity contribution is 0.556. The fourth-order valence-electron chi connectivity index (χ4n) is 9.76. The van der Waals surface area contributed by atoms with E-state index in [4.69, 9.17) is 0 Å². The number of nitrogens with zero attached hydrogens (tertiary/aromatic N) is 2. The molecule has 0 unspecified atom stereocenters. The molecule has 0 N–H and O–H groups in total. The molecular weight excluding hydrogens is 733 g/mol. The molecule has 3 aromatic carbocycles. The summed E-state index contributed by atoms with van der Waals surface area (Å²) in [6.45, 7) is 10.8. The number of pyridine rings is 2. The first-order valence-corrected chi connectivity index (χ1v) is 25.6. The van der Waals surface area contributed by atoms with E-state index in [0.717, 1.165) is 95.2 Å². The van der Waals surface area contributed by atoms with Gasteiger partial charge in [-0.05, 0) is 86.1 Å². The summed E-state index contributed by atoms with van der Waals surface area (Å²) in [7, 11) is 0. The van der Waals surface area contributed by atoms with E-state index < -0.39 is 0 Å². The number of hydrogen-bond acceptors (Lipinski definition) is 2. The van der Waals surface area contributed by atoms with Gasteiger partial charge in [0.25, 0.3) is 0 Å². The van der Waals surface area contributed by atoms with E-state index in [1.165, 1.54) is 165 Å². The molecule has 5 aromatic rings. The highest BCUT2D eigenvalue weighted by Crippen LogP contribution is 2.29. The zero-order chi connectivity index (χ0) is 42.4. The highest BCUT2D eigenvalue weighted by atomic mass is 16.1. The summed E-state index contributed by atoms with van der Waals surface area (Å²) in [6.07, 6.45) is 37.8. The second-order valence-electron chi connectivity index (χ2n) is 18.5. The summed E-state index contributed by atoms with van der Waals surface area (Å²) in [5, 5.41) is 3.16. The zero-order valence-corrected chi connectivity index (χ0v) is 39.0. The number of aryl methyl sites for hydroxylation is 4. The van der Waals surface area contributed by atoms with E-state index in [1.807, 2.05) is 0 Å². The van der Waals surface area contributed by atoms with E-state index in [2.05, 4.69) is 85.4 Å². The maximum atomic E-state index is 14.7. The van der Waals surface area contributed by atoms with Crippen molar-refractivity contribution in [1.82, 2.24) is 9.13 Å². The van der Waals surface area contributed by atoms with Gasteiger partial charge in [0.2, 0.25) is 0 Å². The number of fused-ring (bicyclic) bond motifs is 4. The summed E-state index contributed by atoms with van der Waals surface area (Å²) in [6, 6.07) is 17.5. The molecule has 0 aliphatic heterocycles. The smallest absolute Gasteiger partial charge is 0.197 e. The number of hydrogen-bond donors (Lipinski definition) is 0. The lowest BCUT2D eigenvalue weighted by Gasteiger charge is -2.20. The third-order valence-electron chi connectivity index (χ3n) is 13.5. The van der Waals surface area contributed by atoms with Gasteiger partial charge in [0, 0.05) is 34.6 Å². The monoisotopic (exact) mass is 817 g/mol. The number of rotatable bonds is 32. The molecule has 5 rings (SSSR count). The zero-order valence-electron chi connectivity index (χ0n) is 39.0. The van der Waals surface area contributed by atoms with Crippen LogP contribution >= 0.6 is 0 Å². The van der Waals surface area contributed by atoms with E-state index in [1.54, 1.807) is 0 Å². The number of unbranched alkanes of at least 4 members (excludes halogenated alkanes) is 24. The highest BCUT2D eigenvalue weighted by molar-refractivity contribution is 6.04. The van der Waals surface area contributed by atoms with Crippen LogP contribution in [0, 0.1) is 0 Å². The van der Waals surface area contributed by atoms with Crippen LogP contribution in [0.15, 0.2) is 58.1 Å². The van der Waals surface area contributed by atoms with Crippen LogP contribution in [0.1, 0.15) is 219 Å². The Balaban J connectivity index is 1.44. The van der Waals surface area contributed by atoms with Gasteiger partial charge in [-0.1, -0.05) is 194 Å². The van der Waals surface area contributed by atoms with Crippen LogP contribution in [-0.2, 0) is 25.9 Å². The molecule has 0 saturated heterocycles. The molecule has 4 nitrogen and oxygen atoms in total. The van der Waals surface area contributed by atoms with Crippen molar-refractivity contribution in [1.29, 1.82) is 0 Å². The van der Waals surface area contributed by atoms with Gasteiger partial charge in [-0.15, -0.1) is 0 Å². The Morgan fingerprint density at radius 3 is 0.933 bits per heavy atom. The summed E-state index contributed by atoms with van der Waals surface area (Å²) < 4.78 is 4.75. The van der Waals surface area contributed by atoms with Crippen molar-refractivity contribution >= 4 is 43.6 Å². The molecule has 330 valence electrons. The largest absolute Gasteiger partial charge is 0.340 e. The summed E-state index contributed by atoms with van der Waals surface area (Å²) >= 11 is 0. The molecule has 0 aliphatic rings. The molecule has 0 fully saturated rings. The molecule has 0 atom stereocenters. The van der Waals surface area contributed by atoms with E-state index >= 15 is 0 Å². The topological polar surface area (TPSA) is 44.0 Å². The highest BCUT2D eigenvalue weighted by Gasteiger charge is 2.18. The van der Waals surface area contributed by atoms with Crippen LogP contribution in [0.2, 0.25) is 0 Å². The van der Waals surface area contributed by atoms with Gasteiger partial charge in [0.05, 0.1) is 22.1 Å². The fourth-order valence-corrected chi connectivity index (χ4v) is 9.76. The van der Waals surface area contributed by atoms with Crippen molar-refractivity contribution in [3.8, 4) is 0 Å². The van der Waals surface area contributed by atoms with Crippen molar-refractivity contribution in [3.63, 3.8) is 0 Å². The Kier molecular flexibility index (Phi) is 21.3. The molecule has 0 bridgehead atoms. The molecule has 0 saturated carbocycles. The van der Waals surface area contributed by atoms with Gasteiger partial charge < -0.3 is 9.13 Å². The van der Waals surface area contributed by atoms with E-state index in [0.29, 0.717) is 0 Å². The first kappa shape index (κ1) is 47.6. The normalized spacial score (nSPS) is 11.9. The van der Waals surface area contributed by atoms with Gasteiger partial charge >= 0.3 is 0 Å². The molecule has 2 heterocycles. The van der Waals surface area contributed by atoms with Gasteiger partial charge in [-0.25, -0.2) is 0 Å².